The van der Waals surface area contributed by atoms with Gasteiger partial charge in [-0.25, -0.2) is 5.06 Å². The molecule has 0 bridgehead atoms. The summed E-state index contributed by atoms with van der Waals surface area (Å²) in [5.74, 6) is -0.666. The quantitative estimate of drug-likeness (QED) is 0.677. The van der Waals surface area contributed by atoms with E-state index in [9.17, 15) is 14.8 Å². The van der Waals surface area contributed by atoms with Gasteiger partial charge in [0.2, 0.25) is 0 Å². The molecule has 0 saturated carbocycles. The summed E-state index contributed by atoms with van der Waals surface area (Å²) >= 11 is 0. The number of amides is 1. The van der Waals surface area contributed by atoms with Crippen LogP contribution in [0.5, 0.6) is 0 Å². The van der Waals surface area contributed by atoms with Crippen molar-refractivity contribution >= 4 is 5.91 Å². The highest BCUT2D eigenvalue weighted by molar-refractivity contribution is 5.93. The fourth-order valence-electron chi connectivity index (χ4n) is 2.98. The first-order valence-electron chi connectivity index (χ1n) is 7.77. The Morgan fingerprint density at radius 3 is 2.64 bits per heavy atom. The number of nitrogens with zero attached hydrogens (tertiary/aromatic N) is 2. The Bertz CT molecular complexity index is 593. The molecule has 0 aliphatic heterocycles. The van der Waals surface area contributed by atoms with Gasteiger partial charge in [-0.3, -0.25) is 14.8 Å². The number of ether oxygens (including phenoxy) is 1. The lowest BCUT2D eigenvalue weighted by molar-refractivity contribution is -0.0377. The summed E-state index contributed by atoms with van der Waals surface area (Å²) in [4.78, 5) is 24.7. The van der Waals surface area contributed by atoms with Crippen molar-refractivity contribution in [1.82, 2.24) is 9.63 Å². The van der Waals surface area contributed by atoms with E-state index in [1.165, 1.54) is 13.5 Å². The van der Waals surface area contributed by atoms with Gasteiger partial charge in [0.25, 0.3) is 11.5 Å². The number of rotatable bonds is 4. The van der Waals surface area contributed by atoms with Crippen LogP contribution in [0.4, 0.5) is 0 Å². The maximum Gasteiger partial charge on any atom is 0.282 e. The first-order chi connectivity index (χ1) is 10.6. The number of carbonyl (C=O) groups is 1. The third-order valence-corrected chi connectivity index (χ3v) is 4.14. The van der Waals surface area contributed by atoms with Gasteiger partial charge in [0.05, 0.1) is 6.61 Å². The fourth-order valence-corrected chi connectivity index (χ4v) is 2.98. The topological polar surface area (TPSA) is 71.8 Å². The molecular weight excluding hydrogens is 284 g/mol. The zero-order valence-corrected chi connectivity index (χ0v) is 13.3. The van der Waals surface area contributed by atoms with E-state index in [-0.39, 0.29) is 11.1 Å². The van der Waals surface area contributed by atoms with E-state index in [1.807, 2.05) is 0 Å². The van der Waals surface area contributed by atoms with Crippen LogP contribution in [0.15, 0.2) is 10.9 Å². The number of carbonyl (C=O) groups excluding carboxylic acids is 1. The number of hydrogen-bond acceptors (Lipinski definition) is 4. The van der Waals surface area contributed by atoms with E-state index in [2.05, 4.69) is 0 Å². The monoisotopic (exact) mass is 308 g/mol. The van der Waals surface area contributed by atoms with Gasteiger partial charge in [-0.15, -0.1) is 0 Å². The van der Waals surface area contributed by atoms with Gasteiger partial charge in [-0.05, 0) is 37.3 Å². The van der Waals surface area contributed by atoms with Gasteiger partial charge < -0.3 is 9.30 Å². The number of aryl methyl sites for hydroxylation is 1. The summed E-state index contributed by atoms with van der Waals surface area (Å²) in [6.07, 6.45) is 6.14. The third kappa shape index (κ3) is 3.56. The predicted octanol–water partition coefficient (Wildman–Crippen LogP) is 1.61. The average Bonchev–Trinajstić information content (AvgIpc) is 2.47. The molecule has 6 nitrogen and oxygen atoms in total. The van der Waals surface area contributed by atoms with Gasteiger partial charge in [-0.2, -0.15) is 0 Å². The zero-order chi connectivity index (χ0) is 16.1. The summed E-state index contributed by atoms with van der Waals surface area (Å²) in [5.41, 5.74) is 1.74. The van der Waals surface area contributed by atoms with E-state index >= 15 is 0 Å². The Morgan fingerprint density at radius 1 is 1.32 bits per heavy atom. The van der Waals surface area contributed by atoms with Crippen LogP contribution in [-0.2, 0) is 24.1 Å². The number of hydroxylamine groups is 2. The van der Waals surface area contributed by atoms with Gasteiger partial charge in [0, 0.05) is 26.4 Å². The van der Waals surface area contributed by atoms with Gasteiger partial charge in [0.15, 0.2) is 0 Å². The molecule has 0 spiro atoms. The Hall–Kier alpha value is -1.66. The number of methoxy groups -OCH3 is 1. The van der Waals surface area contributed by atoms with Crippen molar-refractivity contribution in [3.8, 4) is 0 Å². The van der Waals surface area contributed by atoms with Crippen LogP contribution in [-0.4, -0.2) is 41.5 Å². The Kier molecular flexibility index (Phi) is 5.74. The molecule has 1 amide bonds. The summed E-state index contributed by atoms with van der Waals surface area (Å²) in [6.45, 7) is 0.840. The first kappa shape index (κ1) is 16.7. The lowest BCUT2D eigenvalue weighted by atomic mass is 9.95. The molecule has 0 aromatic carbocycles. The minimum Gasteiger partial charge on any atom is -0.383 e. The minimum absolute atomic E-state index is 0.0282. The van der Waals surface area contributed by atoms with Gasteiger partial charge in [0.1, 0.15) is 5.56 Å². The van der Waals surface area contributed by atoms with Crippen molar-refractivity contribution in [3.05, 3.63) is 33.2 Å². The molecule has 0 fully saturated rings. The molecule has 6 heteroatoms. The summed E-state index contributed by atoms with van der Waals surface area (Å²) in [6, 6.07) is 1.67. The van der Waals surface area contributed by atoms with Gasteiger partial charge >= 0.3 is 0 Å². The molecule has 2 rings (SSSR count). The van der Waals surface area contributed by atoms with Crippen LogP contribution >= 0.6 is 0 Å². The molecule has 1 N–H and O–H groups in total. The highest BCUT2D eigenvalue weighted by Crippen LogP contribution is 2.20. The van der Waals surface area contributed by atoms with Crippen LogP contribution in [0.3, 0.4) is 0 Å². The summed E-state index contributed by atoms with van der Waals surface area (Å²) < 4.78 is 6.74. The second kappa shape index (κ2) is 7.56. The molecule has 1 aromatic rings. The van der Waals surface area contributed by atoms with E-state index in [0.29, 0.717) is 18.2 Å². The highest BCUT2D eigenvalue weighted by Gasteiger charge is 2.21. The van der Waals surface area contributed by atoms with E-state index in [1.54, 1.807) is 17.7 Å². The largest absolute Gasteiger partial charge is 0.383 e. The molecular formula is C16H24N2O4. The molecule has 1 aromatic heterocycles. The molecule has 22 heavy (non-hydrogen) atoms. The Balaban J connectivity index is 2.55. The Morgan fingerprint density at radius 2 is 2.00 bits per heavy atom. The number of hydrogen-bond donors (Lipinski definition) is 1. The number of pyridine rings is 1. The van der Waals surface area contributed by atoms with Crippen LogP contribution < -0.4 is 5.56 Å². The van der Waals surface area contributed by atoms with Crippen molar-refractivity contribution in [1.29, 1.82) is 0 Å². The van der Waals surface area contributed by atoms with Crippen LogP contribution in [0, 0.1) is 0 Å². The van der Waals surface area contributed by atoms with Crippen molar-refractivity contribution in [2.24, 2.45) is 0 Å². The Labute approximate surface area is 130 Å². The maximum absolute atomic E-state index is 12.6. The summed E-state index contributed by atoms with van der Waals surface area (Å²) in [5, 5.41) is 9.85. The van der Waals surface area contributed by atoms with Crippen LogP contribution in [0.2, 0.25) is 0 Å². The van der Waals surface area contributed by atoms with Crippen molar-refractivity contribution in [2.75, 3.05) is 20.8 Å². The predicted molar refractivity (Wildman–Crippen MR) is 82.3 cm³/mol. The summed E-state index contributed by atoms with van der Waals surface area (Å²) in [7, 11) is 2.82. The first-order valence-corrected chi connectivity index (χ1v) is 7.77. The fraction of sp³-hybridized carbons (Fsp3) is 0.625. The molecule has 0 saturated heterocycles. The zero-order valence-electron chi connectivity index (χ0n) is 13.3. The van der Waals surface area contributed by atoms with Crippen molar-refractivity contribution in [3.63, 3.8) is 0 Å². The standard InChI is InChI=1S/C16H24N2O4/c1-17(21)15(19)13-11-12-7-5-3-4-6-8-14(12)18(16(13)20)9-10-22-2/h11,21H,3-10H2,1-2H3. The maximum atomic E-state index is 12.6. The number of aromatic nitrogens is 1. The second-order valence-electron chi connectivity index (χ2n) is 5.72. The minimum atomic E-state index is -0.666. The molecule has 0 radical (unpaired) electrons. The van der Waals surface area contributed by atoms with E-state index in [4.69, 9.17) is 4.74 Å². The second-order valence-corrected chi connectivity index (χ2v) is 5.72. The third-order valence-electron chi connectivity index (χ3n) is 4.14. The SMILES string of the molecule is COCCn1c2c(cc(C(=O)N(C)O)c1=O)CCCCCC2. The normalized spacial score (nSPS) is 14.9. The highest BCUT2D eigenvalue weighted by atomic mass is 16.5. The van der Waals surface area contributed by atoms with Crippen LogP contribution in [0.25, 0.3) is 0 Å². The van der Waals surface area contributed by atoms with Crippen molar-refractivity contribution in [2.45, 2.75) is 45.1 Å². The molecule has 1 heterocycles. The molecule has 1 aliphatic carbocycles. The molecule has 1 aliphatic rings. The van der Waals surface area contributed by atoms with Crippen LogP contribution in [0.1, 0.15) is 47.3 Å². The van der Waals surface area contributed by atoms with E-state index < -0.39 is 5.91 Å². The lowest BCUT2D eigenvalue weighted by Gasteiger charge is -2.21. The van der Waals surface area contributed by atoms with Crippen molar-refractivity contribution < 1.29 is 14.7 Å². The molecule has 122 valence electrons. The van der Waals surface area contributed by atoms with E-state index in [0.717, 1.165) is 43.4 Å². The van der Waals surface area contributed by atoms with Gasteiger partial charge in [-0.1, -0.05) is 12.8 Å². The smallest absolute Gasteiger partial charge is 0.282 e. The average molecular weight is 308 g/mol. The number of fused-ring (bicyclic) bond motifs is 1. The lowest BCUT2D eigenvalue weighted by Crippen LogP contribution is -2.36. The molecule has 0 unspecified atom stereocenters. The molecule has 0 atom stereocenters.